The molecule has 0 radical (unpaired) electrons. The average molecular weight is 340 g/mol. The maximum atomic E-state index is 11.6. The van der Waals surface area contributed by atoms with Gasteiger partial charge in [-0.15, -0.1) is 11.3 Å². The second-order valence-electron chi connectivity index (χ2n) is 4.13. The van der Waals surface area contributed by atoms with Gasteiger partial charge in [0.25, 0.3) is 0 Å². The number of aryl methyl sites for hydroxylation is 1. The first-order valence-electron chi connectivity index (χ1n) is 5.86. The van der Waals surface area contributed by atoms with E-state index in [0.717, 1.165) is 20.6 Å². The third kappa shape index (κ3) is 4.69. The lowest BCUT2D eigenvalue weighted by molar-refractivity contribution is -0.144. The Balaban J connectivity index is 1.74. The summed E-state index contributed by atoms with van der Waals surface area (Å²) in [6, 6.07) is 9.49. The molecule has 0 saturated heterocycles. The number of carbonyl (C=O) groups excluding carboxylic acids is 1. The lowest BCUT2D eigenvalue weighted by atomic mass is 10.1. The van der Waals surface area contributed by atoms with Gasteiger partial charge < -0.3 is 10.5 Å². The molecule has 3 nitrogen and oxygen atoms in total. The fourth-order valence-corrected chi connectivity index (χ4v) is 2.95. The quantitative estimate of drug-likeness (QED) is 0.666. The van der Waals surface area contributed by atoms with Crippen LogP contribution in [0.2, 0.25) is 0 Å². The van der Waals surface area contributed by atoms with Gasteiger partial charge in [-0.1, -0.05) is 12.1 Å². The van der Waals surface area contributed by atoms with E-state index in [1.54, 1.807) is 11.3 Å². The standard InChI is InChI=1S/C14H14BrNO2S/c15-11-7-13(19-9-11)8-18-14(17)6-3-10-1-4-12(16)5-2-10/h1-2,4-5,7,9H,3,6,8,16H2. The van der Waals surface area contributed by atoms with Crippen LogP contribution in [0, 0.1) is 0 Å². The van der Waals surface area contributed by atoms with E-state index >= 15 is 0 Å². The molecule has 100 valence electrons. The Morgan fingerprint density at radius 1 is 1.32 bits per heavy atom. The molecule has 0 atom stereocenters. The number of benzene rings is 1. The predicted molar refractivity (Wildman–Crippen MR) is 81.0 cm³/mol. The van der Waals surface area contributed by atoms with Crippen molar-refractivity contribution in [3.63, 3.8) is 0 Å². The summed E-state index contributed by atoms with van der Waals surface area (Å²) in [7, 11) is 0. The van der Waals surface area contributed by atoms with E-state index in [2.05, 4.69) is 15.9 Å². The SMILES string of the molecule is Nc1ccc(CCC(=O)OCc2cc(Br)cs2)cc1. The Kier molecular flexibility index (Phi) is 4.99. The Bertz CT molecular complexity index is 551. The van der Waals surface area contributed by atoms with Gasteiger partial charge in [0.2, 0.25) is 0 Å². The molecule has 0 aliphatic rings. The lowest BCUT2D eigenvalue weighted by Gasteiger charge is -2.04. The Hall–Kier alpha value is -1.33. The van der Waals surface area contributed by atoms with Crippen LogP contribution >= 0.6 is 27.3 Å². The molecule has 2 rings (SSSR count). The van der Waals surface area contributed by atoms with Crippen molar-refractivity contribution in [1.29, 1.82) is 0 Å². The van der Waals surface area contributed by atoms with Crippen LogP contribution < -0.4 is 5.73 Å². The Morgan fingerprint density at radius 2 is 2.05 bits per heavy atom. The number of hydrogen-bond donors (Lipinski definition) is 1. The van der Waals surface area contributed by atoms with Crippen molar-refractivity contribution in [2.45, 2.75) is 19.4 Å². The number of ether oxygens (including phenoxy) is 1. The van der Waals surface area contributed by atoms with Crippen molar-refractivity contribution in [3.8, 4) is 0 Å². The molecule has 2 aromatic rings. The fourth-order valence-electron chi connectivity index (χ4n) is 1.58. The van der Waals surface area contributed by atoms with Gasteiger partial charge in [-0.2, -0.15) is 0 Å². The number of halogens is 1. The summed E-state index contributed by atoms with van der Waals surface area (Å²) in [5, 5.41) is 1.97. The molecule has 0 unspecified atom stereocenters. The minimum absolute atomic E-state index is 0.179. The van der Waals surface area contributed by atoms with Gasteiger partial charge in [-0.05, 0) is 46.1 Å². The van der Waals surface area contributed by atoms with Crippen molar-refractivity contribution in [2.75, 3.05) is 5.73 Å². The molecule has 5 heteroatoms. The molecule has 0 spiro atoms. The van der Waals surface area contributed by atoms with E-state index < -0.39 is 0 Å². The van der Waals surface area contributed by atoms with Crippen LogP contribution in [0.25, 0.3) is 0 Å². The molecule has 0 bridgehead atoms. The summed E-state index contributed by atoms with van der Waals surface area (Å²) < 4.78 is 6.23. The van der Waals surface area contributed by atoms with E-state index in [0.29, 0.717) is 19.4 Å². The zero-order valence-corrected chi connectivity index (χ0v) is 12.7. The lowest BCUT2D eigenvalue weighted by Crippen LogP contribution is -2.05. The topological polar surface area (TPSA) is 52.3 Å². The number of hydrogen-bond acceptors (Lipinski definition) is 4. The van der Waals surface area contributed by atoms with Gasteiger partial charge >= 0.3 is 5.97 Å². The monoisotopic (exact) mass is 339 g/mol. The van der Waals surface area contributed by atoms with Crippen LogP contribution in [0.4, 0.5) is 5.69 Å². The van der Waals surface area contributed by atoms with Crippen molar-refractivity contribution >= 4 is 38.9 Å². The van der Waals surface area contributed by atoms with Gasteiger partial charge in [0, 0.05) is 26.8 Å². The summed E-state index contributed by atoms with van der Waals surface area (Å²) in [5.74, 6) is -0.179. The fraction of sp³-hybridized carbons (Fsp3) is 0.214. The van der Waals surface area contributed by atoms with Crippen LogP contribution in [0.15, 0.2) is 40.2 Å². The molecule has 0 saturated carbocycles. The van der Waals surface area contributed by atoms with Crippen LogP contribution in [0.1, 0.15) is 16.9 Å². The van der Waals surface area contributed by atoms with Gasteiger partial charge in [-0.25, -0.2) is 0 Å². The highest BCUT2D eigenvalue weighted by Crippen LogP contribution is 2.20. The van der Waals surface area contributed by atoms with Crippen LogP contribution in [-0.2, 0) is 22.6 Å². The van der Waals surface area contributed by atoms with E-state index in [1.165, 1.54) is 0 Å². The maximum Gasteiger partial charge on any atom is 0.306 e. The summed E-state index contributed by atoms with van der Waals surface area (Å²) in [5.41, 5.74) is 7.42. The zero-order chi connectivity index (χ0) is 13.7. The molecule has 1 aromatic carbocycles. The first kappa shape index (κ1) is 14.1. The molecular formula is C14H14BrNO2S. The third-order valence-electron chi connectivity index (χ3n) is 2.59. The Morgan fingerprint density at radius 3 is 2.68 bits per heavy atom. The molecule has 0 fully saturated rings. The first-order valence-corrected chi connectivity index (χ1v) is 7.54. The van der Waals surface area contributed by atoms with E-state index in [4.69, 9.17) is 10.5 Å². The van der Waals surface area contributed by atoms with Crippen LogP contribution in [-0.4, -0.2) is 5.97 Å². The maximum absolute atomic E-state index is 11.6. The smallest absolute Gasteiger partial charge is 0.306 e. The highest BCUT2D eigenvalue weighted by Gasteiger charge is 2.05. The van der Waals surface area contributed by atoms with E-state index in [1.807, 2.05) is 35.7 Å². The second kappa shape index (κ2) is 6.73. The number of esters is 1. The number of carbonyl (C=O) groups is 1. The highest BCUT2D eigenvalue weighted by molar-refractivity contribution is 9.10. The normalized spacial score (nSPS) is 10.4. The highest BCUT2D eigenvalue weighted by atomic mass is 79.9. The summed E-state index contributed by atoms with van der Waals surface area (Å²) >= 11 is 4.94. The van der Waals surface area contributed by atoms with Crippen LogP contribution in [0.3, 0.4) is 0 Å². The molecule has 2 N–H and O–H groups in total. The number of rotatable bonds is 5. The van der Waals surface area contributed by atoms with Gasteiger partial charge in [0.05, 0.1) is 0 Å². The van der Waals surface area contributed by atoms with E-state index in [-0.39, 0.29) is 5.97 Å². The van der Waals surface area contributed by atoms with Crippen LogP contribution in [0.5, 0.6) is 0 Å². The van der Waals surface area contributed by atoms with Crippen molar-refractivity contribution in [2.24, 2.45) is 0 Å². The number of nitrogens with two attached hydrogens (primary N) is 1. The second-order valence-corrected chi connectivity index (χ2v) is 6.04. The zero-order valence-electron chi connectivity index (χ0n) is 10.3. The largest absolute Gasteiger partial charge is 0.460 e. The number of anilines is 1. The molecule has 19 heavy (non-hydrogen) atoms. The Labute approximate surface area is 124 Å². The molecule has 0 amide bonds. The van der Waals surface area contributed by atoms with Gasteiger partial charge in [0.1, 0.15) is 6.61 Å². The molecular weight excluding hydrogens is 326 g/mol. The predicted octanol–water partition coefficient (Wildman–Crippen LogP) is 3.77. The molecule has 0 aliphatic heterocycles. The molecule has 0 aliphatic carbocycles. The number of nitrogen functional groups attached to an aromatic ring is 1. The summed E-state index contributed by atoms with van der Waals surface area (Å²) in [6.45, 7) is 0.344. The molecule has 1 aromatic heterocycles. The summed E-state index contributed by atoms with van der Waals surface area (Å²) in [6.07, 6.45) is 1.06. The van der Waals surface area contributed by atoms with E-state index in [9.17, 15) is 4.79 Å². The van der Waals surface area contributed by atoms with Crippen molar-refractivity contribution in [3.05, 3.63) is 50.6 Å². The van der Waals surface area contributed by atoms with Gasteiger partial charge in [0.15, 0.2) is 0 Å². The number of thiophene rings is 1. The van der Waals surface area contributed by atoms with Crippen molar-refractivity contribution in [1.82, 2.24) is 0 Å². The van der Waals surface area contributed by atoms with Gasteiger partial charge in [-0.3, -0.25) is 4.79 Å². The third-order valence-corrected chi connectivity index (χ3v) is 4.27. The van der Waals surface area contributed by atoms with Crippen molar-refractivity contribution < 1.29 is 9.53 Å². The average Bonchev–Trinajstić information content (AvgIpc) is 2.81. The summed E-state index contributed by atoms with van der Waals surface area (Å²) in [4.78, 5) is 12.6. The molecule has 1 heterocycles. The minimum atomic E-state index is -0.179. The minimum Gasteiger partial charge on any atom is -0.460 e. The first-order chi connectivity index (χ1) is 9.13.